The van der Waals surface area contributed by atoms with Gasteiger partial charge in [0.1, 0.15) is 0 Å². The second-order valence-electron chi connectivity index (χ2n) is 4.48. The third-order valence-corrected chi connectivity index (χ3v) is 6.10. The molecule has 0 spiro atoms. The highest BCUT2D eigenvalue weighted by molar-refractivity contribution is 9.10. The second kappa shape index (κ2) is 8.52. The predicted octanol–water partition coefficient (Wildman–Crippen LogP) is 3.74. The summed E-state index contributed by atoms with van der Waals surface area (Å²) in [6, 6.07) is 7.11. The van der Waals surface area contributed by atoms with Crippen molar-refractivity contribution >= 4 is 72.4 Å². The van der Waals surface area contributed by atoms with Crippen LogP contribution in [0.2, 0.25) is 0 Å². The Morgan fingerprint density at radius 3 is 2.76 bits per heavy atom. The minimum atomic E-state index is -0.276. The summed E-state index contributed by atoms with van der Waals surface area (Å²) in [6.45, 7) is 0. The van der Waals surface area contributed by atoms with Crippen LogP contribution in [0, 0.1) is 0 Å². The van der Waals surface area contributed by atoms with Crippen LogP contribution < -0.4 is 10.6 Å². The maximum absolute atomic E-state index is 12.2. The summed E-state index contributed by atoms with van der Waals surface area (Å²) in [4.78, 5) is 28.0. The number of thioether (sulfide) groups is 1. The third kappa shape index (κ3) is 5.08. The van der Waals surface area contributed by atoms with Crippen molar-refractivity contribution in [1.29, 1.82) is 0 Å². The molecular formula is C14H10BrN5O2S3. The van der Waals surface area contributed by atoms with Gasteiger partial charge in [0.25, 0.3) is 5.91 Å². The number of thiazole rings is 1. The van der Waals surface area contributed by atoms with E-state index in [0.29, 0.717) is 24.6 Å². The van der Waals surface area contributed by atoms with Crippen LogP contribution in [0.1, 0.15) is 10.4 Å². The molecule has 2 aromatic heterocycles. The van der Waals surface area contributed by atoms with E-state index in [0.717, 1.165) is 0 Å². The lowest BCUT2D eigenvalue weighted by molar-refractivity contribution is -0.113. The number of nitrogens with one attached hydrogen (secondary N) is 2. The summed E-state index contributed by atoms with van der Waals surface area (Å²) < 4.78 is 1.29. The molecule has 0 fully saturated rings. The van der Waals surface area contributed by atoms with Crippen LogP contribution in [0.4, 0.5) is 10.3 Å². The van der Waals surface area contributed by atoms with E-state index < -0.39 is 0 Å². The molecule has 2 N–H and O–H groups in total. The van der Waals surface area contributed by atoms with E-state index in [1.54, 1.807) is 29.8 Å². The smallest absolute Gasteiger partial charge is 0.258 e. The standard InChI is InChI=1S/C14H10BrN5O2S3/c15-9-4-2-1-3-8(9)11(22)18-13-19-20-14(25-13)24-7-10(21)17-12-16-5-6-23-12/h1-6H,7H2,(H,16,17,21)(H,18,19,22). The van der Waals surface area contributed by atoms with Crippen molar-refractivity contribution in [3.63, 3.8) is 0 Å². The largest absolute Gasteiger partial charge is 0.301 e. The fourth-order valence-electron chi connectivity index (χ4n) is 1.70. The van der Waals surface area contributed by atoms with E-state index in [2.05, 4.69) is 41.7 Å². The molecule has 25 heavy (non-hydrogen) atoms. The zero-order chi connectivity index (χ0) is 17.6. The highest BCUT2D eigenvalue weighted by Crippen LogP contribution is 2.26. The lowest BCUT2D eigenvalue weighted by Gasteiger charge is -2.02. The van der Waals surface area contributed by atoms with E-state index >= 15 is 0 Å². The van der Waals surface area contributed by atoms with Gasteiger partial charge in [0, 0.05) is 16.0 Å². The van der Waals surface area contributed by atoms with Crippen molar-refractivity contribution < 1.29 is 9.59 Å². The summed E-state index contributed by atoms with van der Waals surface area (Å²) in [5, 5.41) is 16.0. The highest BCUT2D eigenvalue weighted by atomic mass is 79.9. The van der Waals surface area contributed by atoms with Gasteiger partial charge in [-0.2, -0.15) is 0 Å². The fraction of sp³-hybridized carbons (Fsp3) is 0.0714. The first-order valence-corrected chi connectivity index (χ1v) is 10.3. The van der Waals surface area contributed by atoms with Crippen LogP contribution in [-0.4, -0.2) is 32.7 Å². The van der Waals surface area contributed by atoms with E-state index in [1.807, 2.05) is 6.07 Å². The van der Waals surface area contributed by atoms with E-state index in [9.17, 15) is 9.59 Å². The molecule has 0 aliphatic rings. The molecule has 11 heteroatoms. The minimum Gasteiger partial charge on any atom is -0.301 e. The molecule has 0 unspecified atom stereocenters. The number of hydrogen-bond donors (Lipinski definition) is 2. The Morgan fingerprint density at radius 2 is 2.00 bits per heavy atom. The summed E-state index contributed by atoms with van der Waals surface area (Å²) in [5.41, 5.74) is 0.509. The number of carbonyl (C=O) groups is 2. The number of aromatic nitrogens is 3. The Hall–Kier alpha value is -1.82. The molecule has 1 aromatic carbocycles. The summed E-state index contributed by atoms with van der Waals surface area (Å²) in [7, 11) is 0. The Labute approximate surface area is 163 Å². The number of amides is 2. The van der Waals surface area contributed by atoms with Crippen molar-refractivity contribution in [2.45, 2.75) is 4.34 Å². The SMILES string of the molecule is O=C(CSc1nnc(NC(=O)c2ccccc2Br)s1)Nc1nccs1. The van der Waals surface area contributed by atoms with Crippen molar-refractivity contribution in [2.24, 2.45) is 0 Å². The van der Waals surface area contributed by atoms with Crippen LogP contribution in [0.3, 0.4) is 0 Å². The molecule has 2 amide bonds. The first kappa shape index (κ1) is 18.0. The number of benzene rings is 1. The Bertz CT molecular complexity index is 884. The summed E-state index contributed by atoms with van der Waals surface area (Å²) in [6.07, 6.45) is 1.62. The van der Waals surface area contributed by atoms with E-state index in [1.165, 1.54) is 34.4 Å². The monoisotopic (exact) mass is 455 g/mol. The minimum absolute atomic E-state index is 0.172. The maximum Gasteiger partial charge on any atom is 0.258 e. The van der Waals surface area contributed by atoms with Crippen molar-refractivity contribution in [3.8, 4) is 0 Å². The Morgan fingerprint density at radius 1 is 1.16 bits per heavy atom. The predicted molar refractivity (Wildman–Crippen MR) is 103 cm³/mol. The lowest BCUT2D eigenvalue weighted by Crippen LogP contribution is -2.13. The second-order valence-corrected chi connectivity index (χ2v) is 8.43. The molecule has 128 valence electrons. The van der Waals surface area contributed by atoms with Gasteiger partial charge in [-0.15, -0.1) is 21.5 Å². The van der Waals surface area contributed by atoms with Crippen LogP contribution in [0.5, 0.6) is 0 Å². The van der Waals surface area contributed by atoms with Crippen LogP contribution >= 0.6 is 50.4 Å². The molecule has 0 aliphatic heterocycles. The number of carbonyl (C=O) groups excluding carboxylic acids is 2. The van der Waals surface area contributed by atoms with Gasteiger partial charge in [-0.05, 0) is 28.1 Å². The molecule has 0 aliphatic carbocycles. The number of hydrogen-bond acceptors (Lipinski definition) is 8. The van der Waals surface area contributed by atoms with Crippen molar-refractivity contribution in [3.05, 3.63) is 45.9 Å². The van der Waals surface area contributed by atoms with Crippen molar-refractivity contribution in [2.75, 3.05) is 16.4 Å². The zero-order valence-corrected chi connectivity index (χ0v) is 16.5. The Balaban J connectivity index is 1.53. The van der Waals surface area contributed by atoms with Gasteiger partial charge in [-0.1, -0.05) is 35.2 Å². The highest BCUT2D eigenvalue weighted by Gasteiger charge is 2.13. The van der Waals surface area contributed by atoms with Gasteiger partial charge < -0.3 is 5.32 Å². The van der Waals surface area contributed by atoms with Gasteiger partial charge in [0.05, 0.1) is 11.3 Å². The molecule has 3 aromatic rings. The quantitative estimate of drug-likeness (QED) is 0.433. The number of anilines is 2. The van der Waals surface area contributed by atoms with E-state index in [-0.39, 0.29) is 17.6 Å². The van der Waals surface area contributed by atoms with Gasteiger partial charge in [-0.3, -0.25) is 14.9 Å². The fourth-order valence-corrected chi connectivity index (χ4v) is 4.25. The molecule has 0 atom stereocenters. The average Bonchev–Trinajstić information content (AvgIpc) is 3.25. The topological polar surface area (TPSA) is 96.9 Å². The number of halogens is 1. The van der Waals surface area contributed by atoms with Crippen molar-refractivity contribution in [1.82, 2.24) is 15.2 Å². The molecular weight excluding hydrogens is 446 g/mol. The zero-order valence-electron chi connectivity index (χ0n) is 12.4. The van der Waals surface area contributed by atoms with Crippen LogP contribution in [0.15, 0.2) is 44.7 Å². The molecule has 7 nitrogen and oxygen atoms in total. The van der Waals surface area contributed by atoms with E-state index in [4.69, 9.17) is 0 Å². The van der Waals surface area contributed by atoms with Gasteiger partial charge in [0.2, 0.25) is 11.0 Å². The van der Waals surface area contributed by atoms with Gasteiger partial charge >= 0.3 is 0 Å². The molecule has 0 bridgehead atoms. The number of nitrogens with zero attached hydrogens (tertiary/aromatic N) is 3. The van der Waals surface area contributed by atoms with Crippen LogP contribution in [0.25, 0.3) is 0 Å². The molecule has 2 heterocycles. The lowest BCUT2D eigenvalue weighted by atomic mass is 10.2. The van der Waals surface area contributed by atoms with Gasteiger partial charge in [0.15, 0.2) is 9.47 Å². The molecule has 0 saturated carbocycles. The normalized spacial score (nSPS) is 10.4. The maximum atomic E-state index is 12.2. The first-order chi connectivity index (χ1) is 12.1. The van der Waals surface area contributed by atoms with Crippen LogP contribution in [-0.2, 0) is 4.79 Å². The molecule has 0 radical (unpaired) electrons. The first-order valence-electron chi connectivity index (χ1n) is 6.83. The summed E-state index contributed by atoms with van der Waals surface area (Å²) >= 11 is 7.15. The average molecular weight is 456 g/mol. The molecule has 3 rings (SSSR count). The third-order valence-electron chi connectivity index (χ3n) is 2.75. The van der Waals surface area contributed by atoms with Gasteiger partial charge in [-0.25, -0.2) is 4.98 Å². The Kier molecular flexibility index (Phi) is 6.13. The number of rotatable bonds is 6. The molecule has 0 saturated heterocycles. The summed E-state index contributed by atoms with van der Waals surface area (Å²) in [5.74, 6) is -0.262.